The number of nitrogens with zero attached hydrogens (tertiary/aromatic N) is 1. The van der Waals surface area contributed by atoms with Crippen LogP contribution in [0.5, 0.6) is 0 Å². The van der Waals surface area contributed by atoms with E-state index < -0.39 is 0 Å². The lowest BCUT2D eigenvalue weighted by atomic mass is 10.1. The molecule has 1 N–H and O–H groups in total. The van der Waals surface area contributed by atoms with E-state index in [4.69, 9.17) is 0 Å². The molecule has 0 aliphatic carbocycles. The summed E-state index contributed by atoms with van der Waals surface area (Å²) in [5.74, 6) is 1.14. The Morgan fingerprint density at radius 3 is 2.79 bits per heavy atom. The molecule has 0 saturated heterocycles. The van der Waals surface area contributed by atoms with Crippen molar-refractivity contribution in [2.45, 2.75) is 26.7 Å². The monoisotopic (exact) mass is 188 g/mol. The van der Waals surface area contributed by atoms with Crippen molar-refractivity contribution in [1.82, 2.24) is 0 Å². The molecule has 14 heavy (non-hydrogen) atoms. The molecule has 74 valence electrons. The third-order valence-corrected chi connectivity index (χ3v) is 2.54. The third-order valence-electron chi connectivity index (χ3n) is 2.54. The summed E-state index contributed by atoms with van der Waals surface area (Å²) < 4.78 is 0. The summed E-state index contributed by atoms with van der Waals surface area (Å²) in [6.07, 6.45) is 2.28. The number of hydrogen-bond donors (Lipinski definition) is 1. The van der Waals surface area contributed by atoms with Gasteiger partial charge in [-0.05, 0) is 31.9 Å². The van der Waals surface area contributed by atoms with Crippen LogP contribution in [0.25, 0.3) is 0 Å². The van der Waals surface area contributed by atoms with Gasteiger partial charge in [0, 0.05) is 18.7 Å². The van der Waals surface area contributed by atoms with Gasteiger partial charge < -0.3 is 5.32 Å². The Balaban J connectivity index is 2.16. The Morgan fingerprint density at radius 1 is 1.29 bits per heavy atom. The van der Waals surface area contributed by atoms with Crippen LogP contribution in [-0.2, 0) is 0 Å². The van der Waals surface area contributed by atoms with Gasteiger partial charge >= 0.3 is 0 Å². The molecular weight excluding hydrogens is 172 g/mol. The fraction of sp³-hybridized carbons (Fsp3) is 0.417. The lowest BCUT2D eigenvalue weighted by Gasteiger charge is -2.09. The average Bonchev–Trinajstić information content (AvgIpc) is 2.62. The molecule has 2 heteroatoms. The van der Waals surface area contributed by atoms with E-state index in [1.54, 1.807) is 0 Å². The standard InChI is InChI=1S/C12H16N2/c1-9-5-6-11(10(2)8-9)14-12-4-3-7-13-12/h5-6,8H,3-4,7H2,1-2H3,(H,13,14). The fourth-order valence-electron chi connectivity index (χ4n) is 1.75. The summed E-state index contributed by atoms with van der Waals surface area (Å²) in [6.45, 7) is 5.22. The minimum absolute atomic E-state index is 0.979. The highest BCUT2D eigenvalue weighted by molar-refractivity contribution is 5.96. The van der Waals surface area contributed by atoms with Crippen molar-refractivity contribution in [3.63, 3.8) is 0 Å². The first-order valence-corrected chi connectivity index (χ1v) is 5.13. The average molecular weight is 188 g/mol. The second-order valence-electron chi connectivity index (χ2n) is 3.88. The molecule has 0 bridgehead atoms. The van der Waals surface area contributed by atoms with Crippen LogP contribution < -0.4 is 5.32 Å². The van der Waals surface area contributed by atoms with E-state index in [1.807, 2.05) is 0 Å². The van der Waals surface area contributed by atoms with Crippen molar-refractivity contribution < 1.29 is 0 Å². The number of benzene rings is 1. The third kappa shape index (κ3) is 1.95. The molecule has 0 saturated carbocycles. The zero-order chi connectivity index (χ0) is 9.97. The van der Waals surface area contributed by atoms with Gasteiger partial charge in [-0.15, -0.1) is 0 Å². The van der Waals surface area contributed by atoms with Gasteiger partial charge in [-0.2, -0.15) is 0 Å². The Morgan fingerprint density at radius 2 is 2.14 bits per heavy atom. The van der Waals surface area contributed by atoms with Crippen LogP contribution in [0.1, 0.15) is 24.0 Å². The van der Waals surface area contributed by atoms with Crippen LogP contribution in [0.3, 0.4) is 0 Å². The van der Waals surface area contributed by atoms with Crippen molar-refractivity contribution in [3.05, 3.63) is 29.3 Å². The number of hydrogen-bond acceptors (Lipinski definition) is 2. The quantitative estimate of drug-likeness (QED) is 0.720. The normalized spacial score (nSPS) is 15.4. The van der Waals surface area contributed by atoms with E-state index >= 15 is 0 Å². The fourth-order valence-corrected chi connectivity index (χ4v) is 1.75. The van der Waals surface area contributed by atoms with E-state index in [0.717, 1.165) is 18.8 Å². The molecule has 0 atom stereocenters. The summed E-state index contributed by atoms with van der Waals surface area (Å²) in [5.41, 5.74) is 3.79. The van der Waals surface area contributed by atoms with Gasteiger partial charge in [0.1, 0.15) is 5.84 Å². The zero-order valence-corrected chi connectivity index (χ0v) is 8.80. The predicted molar refractivity (Wildman–Crippen MR) is 61.1 cm³/mol. The van der Waals surface area contributed by atoms with Crippen molar-refractivity contribution in [2.24, 2.45) is 4.99 Å². The number of aryl methyl sites for hydroxylation is 2. The molecule has 1 aromatic rings. The van der Waals surface area contributed by atoms with Crippen LogP contribution in [0.2, 0.25) is 0 Å². The molecular formula is C12H16N2. The second kappa shape index (κ2) is 3.82. The summed E-state index contributed by atoms with van der Waals surface area (Å²) in [6, 6.07) is 6.45. The van der Waals surface area contributed by atoms with Gasteiger partial charge in [-0.3, -0.25) is 4.99 Å². The van der Waals surface area contributed by atoms with Crippen LogP contribution in [0, 0.1) is 13.8 Å². The van der Waals surface area contributed by atoms with E-state index in [1.165, 1.54) is 23.2 Å². The van der Waals surface area contributed by atoms with E-state index in [-0.39, 0.29) is 0 Å². The van der Waals surface area contributed by atoms with E-state index in [2.05, 4.69) is 42.4 Å². The zero-order valence-electron chi connectivity index (χ0n) is 8.80. The van der Waals surface area contributed by atoms with Crippen LogP contribution in [-0.4, -0.2) is 12.4 Å². The van der Waals surface area contributed by atoms with Gasteiger partial charge in [0.05, 0.1) is 0 Å². The Hall–Kier alpha value is -1.31. The molecule has 2 rings (SSSR count). The maximum absolute atomic E-state index is 4.40. The maximum atomic E-state index is 4.40. The smallest absolute Gasteiger partial charge is 0.101 e. The predicted octanol–water partition coefficient (Wildman–Crippen LogP) is 2.91. The van der Waals surface area contributed by atoms with Gasteiger partial charge in [-0.1, -0.05) is 17.7 Å². The molecule has 0 spiro atoms. The van der Waals surface area contributed by atoms with Crippen molar-refractivity contribution in [1.29, 1.82) is 0 Å². The number of aliphatic imine (C=N–C) groups is 1. The molecule has 0 radical (unpaired) electrons. The highest BCUT2D eigenvalue weighted by atomic mass is 15.0. The maximum Gasteiger partial charge on any atom is 0.101 e. The summed E-state index contributed by atoms with van der Waals surface area (Å²) in [5, 5.41) is 3.39. The summed E-state index contributed by atoms with van der Waals surface area (Å²) in [4.78, 5) is 4.40. The molecule has 0 unspecified atom stereocenters. The first-order valence-electron chi connectivity index (χ1n) is 5.13. The van der Waals surface area contributed by atoms with E-state index in [0.29, 0.717) is 0 Å². The molecule has 1 aromatic carbocycles. The Bertz CT molecular complexity index is 367. The van der Waals surface area contributed by atoms with Gasteiger partial charge in [0.25, 0.3) is 0 Å². The van der Waals surface area contributed by atoms with Crippen LogP contribution >= 0.6 is 0 Å². The largest absolute Gasteiger partial charge is 0.344 e. The highest BCUT2D eigenvalue weighted by Crippen LogP contribution is 2.17. The highest BCUT2D eigenvalue weighted by Gasteiger charge is 2.07. The second-order valence-corrected chi connectivity index (χ2v) is 3.88. The summed E-state index contributed by atoms with van der Waals surface area (Å²) in [7, 11) is 0. The van der Waals surface area contributed by atoms with Crippen molar-refractivity contribution in [3.8, 4) is 0 Å². The van der Waals surface area contributed by atoms with Crippen LogP contribution in [0.15, 0.2) is 23.2 Å². The number of rotatable bonds is 1. The number of anilines is 1. The molecule has 0 fully saturated rings. The molecule has 1 heterocycles. The van der Waals surface area contributed by atoms with Crippen molar-refractivity contribution in [2.75, 3.05) is 11.9 Å². The lowest BCUT2D eigenvalue weighted by molar-refractivity contribution is 0.951. The van der Waals surface area contributed by atoms with Gasteiger partial charge in [0.15, 0.2) is 0 Å². The van der Waals surface area contributed by atoms with Crippen molar-refractivity contribution >= 4 is 11.5 Å². The number of nitrogens with one attached hydrogen (secondary N) is 1. The SMILES string of the molecule is Cc1ccc(NC2=NCCC2)c(C)c1. The Labute approximate surface area is 85.1 Å². The topological polar surface area (TPSA) is 24.4 Å². The minimum atomic E-state index is 0.979. The first kappa shape index (κ1) is 9.25. The molecule has 0 aromatic heterocycles. The molecule has 1 aliphatic rings. The number of amidine groups is 1. The first-order chi connectivity index (χ1) is 6.75. The minimum Gasteiger partial charge on any atom is -0.344 e. The molecule has 0 amide bonds. The van der Waals surface area contributed by atoms with E-state index in [9.17, 15) is 0 Å². The van der Waals surface area contributed by atoms with Gasteiger partial charge in [-0.25, -0.2) is 0 Å². The Kier molecular flexibility index (Phi) is 2.53. The molecule has 2 nitrogen and oxygen atoms in total. The summed E-state index contributed by atoms with van der Waals surface area (Å²) >= 11 is 0. The molecule has 1 aliphatic heterocycles. The lowest BCUT2D eigenvalue weighted by Crippen LogP contribution is -2.09. The van der Waals surface area contributed by atoms with Crippen LogP contribution in [0.4, 0.5) is 5.69 Å². The van der Waals surface area contributed by atoms with Gasteiger partial charge in [0.2, 0.25) is 0 Å².